The molecule has 0 fully saturated rings. The van der Waals surface area contributed by atoms with E-state index in [0.29, 0.717) is 13.0 Å². The smallest absolute Gasteiger partial charge is 0.119 e. The molecule has 0 aromatic heterocycles. The number of aliphatic hydroxyl groups is 1. The number of benzene rings is 2. The highest BCUT2D eigenvalue weighted by molar-refractivity contribution is 5.34. The lowest BCUT2D eigenvalue weighted by Gasteiger charge is -2.15. The fourth-order valence-electron chi connectivity index (χ4n) is 2.38. The van der Waals surface area contributed by atoms with Gasteiger partial charge in [-0.3, -0.25) is 0 Å². The molecule has 1 N–H and O–H groups in total. The van der Waals surface area contributed by atoms with Gasteiger partial charge in [0.15, 0.2) is 0 Å². The normalized spacial score (nSPS) is 12.2. The highest BCUT2D eigenvalue weighted by Crippen LogP contribution is 2.24. The van der Waals surface area contributed by atoms with E-state index in [-0.39, 0.29) is 0 Å². The largest absolute Gasteiger partial charge is 0.494 e. The van der Waals surface area contributed by atoms with E-state index in [1.165, 1.54) is 16.7 Å². The van der Waals surface area contributed by atoms with Gasteiger partial charge in [-0.15, -0.1) is 0 Å². The Morgan fingerprint density at radius 3 is 2.67 bits per heavy atom. The summed E-state index contributed by atoms with van der Waals surface area (Å²) in [5.74, 6) is 0.828. The van der Waals surface area contributed by atoms with E-state index in [2.05, 4.69) is 39.0 Å². The van der Waals surface area contributed by atoms with E-state index in [0.717, 1.165) is 17.7 Å². The molecule has 2 rings (SSSR count). The fourth-order valence-corrected chi connectivity index (χ4v) is 2.38. The molecule has 0 spiro atoms. The van der Waals surface area contributed by atoms with Gasteiger partial charge in [0, 0.05) is 6.42 Å². The summed E-state index contributed by atoms with van der Waals surface area (Å²) in [6.07, 6.45) is 1.11. The summed E-state index contributed by atoms with van der Waals surface area (Å²) in [6, 6.07) is 14.1. The van der Waals surface area contributed by atoms with Crippen LogP contribution in [0.2, 0.25) is 0 Å². The van der Waals surface area contributed by atoms with Crippen molar-refractivity contribution < 1.29 is 9.84 Å². The lowest BCUT2D eigenvalue weighted by Crippen LogP contribution is -2.04. The zero-order valence-corrected chi connectivity index (χ0v) is 13.1. The van der Waals surface area contributed by atoms with Gasteiger partial charge in [-0.25, -0.2) is 0 Å². The topological polar surface area (TPSA) is 29.5 Å². The van der Waals surface area contributed by atoms with Crippen LogP contribution in [0, 0.1) is 13.8 Å². The number of hydrogen-bond acceptors (Lipinski definition) is 2. The van der Waals surface area contributed by atoms with Gasteiger partial charge in [0.05, 0.1) is 12.7 Å². The summed E-state index contributed by atoms with van der Waals surface area (Å²) in [6.45, 7) is 6.95. The Bertz CT molecular complexity index is 590. The van der Waals surface area contributed by atoms with Gasteiger partial charge in [0.2, 0.25) is 0 Å². The first-order valence-corrected chi connectivity index (χ1v) is 7.57. The molecule has 0 saturated carbocycles. The second-order valence-corrected chi connectivity index (χ2v) is 5.57. The Kier molecular flexibility index (Phi) is 5.40. The van der Waals surface area contributed by atoms with Crippen LogP contribution in [0.1, 0.15) is 41.7 Å². The maximum absolute atomic E-state index is 10.5. The summed E-state index contributed by atoms with van der Waals surface area (Å²) in [5, 5.41) is 10.5. The molecule has 0 amide bonds. The van der Waals surface area contributed by atoms with Gasteiger partial charge in [-0.05, 0) is 49.1 Å². The lowest BCUT2D eigenvalue weighted by atomic mass is 9.96. The predicted octanol–water partition coefficient (Wildman–Crippen LogP) is 4.37. The average Bonchev–Trinajstić information content (AvgIpc) is 2.49. The van der Waals surface area contributed by atoms with Crippen LogP contribution in [0.5, 0.6) is 5.75 Å². The zero-order valence-electron chi connectivity index (χ0n) is 13.1. The molecule has 21 heavy (non-hydrogen) atoms. The molecule has 0 saturated heterocycles. The maximum atomic E-state index is 10.5. The molecular weight excluding hydrogens is 260 g/mol. The van der Waals surface area contributed by atoms with E-state index in [4.69, 9.17) is 4.74 Å². The molecule has 1 unspecified atom stereocenters. The van der Waals surface area contributed by atoms with Crippen molar-refractivity contribution >= 4 is 0 Å². The van der Waals surface area contributed by atoms with Gasteiger partial charge in [-0.1, -0.05) is 42.8 Å². The number of rotatable bonds is 6. The Hall–Kier alpha value is -1.80. The Morgan fingerprint density at radius 1 is 1.10 bits per heavy atom. The molecule has 112 valence electrons. The monoisotopic (exact) mass is 284 g/mol. The summed E-state index contributed by atoms with van der Waals surface area (Å²) >= 11 is 0. The van der Waals surface area contributed by atoms with Gasteiger partial charge < -0.3 is 9.84 Å². The second kappa shape index (κ2) is 7.28. The third kappa shape index (κ3) is 4.33. The quantitative estimate of drug-likeness (QED) is 0.853. The highest BCUT2D eigenvalue weighted by Gasteiger charge is 2.11. The van der Waals surface area contributed by atoms with Crippen molar-refractivity contribution in [2.45, 2.75) is 39.7 Å². The first-order chi connectivity index (χ1) is 10.1. The van der Waals surface area contributed by atoms with Crippen LogP contribution in [-0.4, -0.2) is 11.7 Å². The van der Waals surface area contributed by atoms with E-state index < -0.39 is 6.10 Å². The van der Waals surface area contributed by atoms with Crippen LogP contribution in [0.4, 0.5) is 0 Å². The third-order valence-corrected chi connectivity index (χ3v) is 3.63. The van der Waals surface area contributed by atoms with Crippen molar-refractivity contribution in [3.8, 4) is 5.75 Å². The van der Waals surface area contributed by atoms with Crippen molar-refractivity contribution in [2.75, 3.05) is 6.61 Å². The van der Waals surface area contributed by atoms with Crippen molar-refractivity contribution in [3.05, 3.63) is 64.7 Å². The van der Waals surface area contributed by atoms with Crippen LogP contribution in [0.25, 0.3) is 0 Å². The standard InChI is InChI=1S/C19H24O2/c1-4-10-21-18-7-5-6-16(12-18)19(20)13-17-11-14(2)8-9-15(17)3/h5-9,11-12,19-20H,4,10,13H2,1-3H3. The van der Waals surface area contributed by atoms with Gasteiger partial charge in [-0.2, -0.15) is 0 Å². The van der Waals surface area contributed by atoms with E-state index in [1.54, 1.807) is 0 Å². The number of aryl methyl sites for hydroxylation is 2. The molecule has 0 bridgehead atoms. The molecule has 1 atom stereocenters. The maximum Gasteiger partial charge on any atom is 0.119 e. The van der Waals surface area contributed by atoms with Crippen LogP contribution in [0.15, 0.2) is 42.5 Å². The summed E-state index contributed by atoms with van der Waals surface area (Å²) in [4.78, 5) is 0. The second-order valence-electron chi connectivity index (χ2n) is 5.57. The van der Waals surface area contributed by atoms with E-state index >= 15 is 0 Å². The van der Waals surface area contributed by atoms with Crippen LogP contribution in [-0.2, 0) is 6.42 Å². The SMILES string of the molecule is CCCOc1cccc(C(O)Cc2cc(C)ccc2C)c1. The van der Waals surface area contributed by atoms with Crippen LogP contribution >= 0.6 is 0 Å². The van der Waals surface area contributed by atoms with Crippen LogP contribution < -0.4 is 4.74 Å². The molecule has 2 aromatic carbocycles. The van der Waals surface area contributed by atoms with Crippen molar-refractivity contribution in [2.24, 2.45) is 0 Å². The minimum atomic E-state index is -0.504. The fraction of sp³-hybridized carbons (Fsp3) is 0.368. The van der Waals surface area contributed by atoms with E-state index in [1.807, 2.05) is 24.3 Å². The minimum Gasteiger partial charge on any atom is -0.494 e. The molecule has 0 heterocycles. The third-order valence-electron chi connectivity index (χ3n) is 3.63. The zero-order chi connectivity index (χ0) is 15.2. The van der Waals surface area contributed by atoms with Gasteiger partial charge in [0.25, 0.3) is 0 Å². The molecule has 0 aliphatic rings. The van der Waals surface area contributed by atoms with E-state index in [9.17, 15) is 5.11 Å². The van der Waals surface area contributed by atoms with Crippen molar-refractivity contribution in [1.82, 2.24) is 0 Å². The molecule has 2 aromatic rings. The van der Waals surface area contributed by atoms with Crippen LogP contribution in [0.3, 0.4) is 0 Å². The minimum absolute atomic E-state index is 0.504. The first-order valence-electron chi connectivity index (χ1n) is 7.57. The summed E-state index contributed by atoms with van der Waals surface area (Å²) in [5.41, 5.74) is 4.55. The van der Waals surface area contributed by atoms with Crippen molar-refractivity contribution in [1.29, 1.82) is 0 Å². The summed E-state index contributed by atoms with van der Waals surface area (Å²) < 4.78 is 5.63. The summed E-state index contributed by atoms with van der Waals surface area (Å²) in [7, 11) is 0. The predicted molar refractivity (Wildman–Crippen MR) is 86.8 cm³/mol. The molecule has 2 nitrogen and oxygen atoms in total. The Morgan fingerprint density at radius 2 is 1.90 bits per heavy atom. The molecule has 2 heteroatoms. The first kappa shape index (κ1) is 15.6. The Balaban J connectivity index is 2.12. The average molecular weight is 284 g/mol. The molecule has 0 aliphatic carbocycles. The molecule has 0 aliphatic heterocycles. The number of hydrogen-bond donors (Lipinski definition) is 1. The molecular formula is C19H24O2. The Labute approximate surface area is 127 Å². The lowest BCUT2D eigenvalue weighted by molar-refractivity contribution is 0.177. The highest BCUT2D eigenvalue weighted by atomic mass is 16.5. The number of aliphatic hydroxyl groups excluding tert-OH is 1. The van der Waals surface area contributed by atoms with Gasteiger partial charge >= 0.3 is 0 Å². The molecule has 0 radical (unpaired) electrons. The van der Waals surface area contributed by atoms with Crippen molar-refractivity contribution in [3.63, 3.8) is 0 Å². The number of ether oxygens (including phenoxy) is 1. The van der Waals surface area contributed by atoms with Gasteiger partial charge in [0.1, 0.15) is 5.75 Å².